The molecule has 0 aliphatic heterocycles. The normalized spacial score (nSPS) is 12.2. The van der Waals surface area contributed by atoms with Gasteiger partial charge >= 0.3 is 5.97 Å². The molecule has 1 aromatic heterocycles. The molecule has 0 saturated carbocycles. The highest BCUT2D eigenvalue weighted by Gasteiger charge is 2.21. The number of hydrogen-bond donors (Lipinski definition) is 1. The maximum absolute atomic E-state index is 13.7. The number of halogens is 2. The Morgan fingerprint density at radius 1 is 1.42 bits per heavy atom. The summed E-state index contributed by atoms with van der Waals surface area (Å²) in [7, 11) is 1.21. The highest BCUT2D eigenvalue weighted by molar-refractivity contribution is 6.30. The van der Waals surface area contributed by atoms with Crippen LogP contribution in [0.5, 0.6) is 0 Å². The van der Waals surface area contributed by atoms with E-state index in [1.54, 1.807) is 0 Å². The van der Waals surface area contributed by atoms with Gasteiger partial charge in [-0.15, -0.1) is 0 Å². The number of aliphatic hydroxyl groups excluding tert-OH is 1. The molecule has 2 aromatic rings. The number of carbonyl (C=O) groups excluding carboxylic acids is 1. The molecule has 1 aromatic carbocycles. The van der Waals surface area contributed by atoms with Crippen molar-refractivity contribution in [3.05, 3.63) is 58.3 Å². The number of carbonyl (C=O) groups is 1. The van der Waals surface area contributed by atoms with Crippen LogP contribution in [0.15, 0.2) is 34.7 Å². The lowest BCUT2D eigenvalue weighted by Gasteiger charge is -2.09. The number of hydrogen-bond acceptors (Lipinski definition) is 4. The molecule has 0 radical (unpaired) electrons. The van der Waals surface area contributed by atoms with Crippen LogP contribution < -0.4 is 0 Å². The van der Waals surface area contributed by atoms with Crippen molar-refractivity contribution >= 4 is 17.6 Å². The van der Waals surface area contributed by atoms with Crippen molar-refractivity contribution in [3.8, 4) is 0 Å². The van der Waals surface area contributed by atoms with E-state index < -0.39 is 17.9 Å². The summed E-state index contributed by atoms with van der Waals surface area (Å²) in [5.41, 5.74) is -0.0294. The van der Waals surface area contributed by atoms with Crippen LogP contribution in [0.2, 0.25) is 5.02 Å². The lowest BCUT2D eigenvalue weighted by Crippen LogP contribution is -2.02. The van der Waals surface area contributed by atoms with Gasteiger partial charge in [-0.3, -0.25) is 0 Å². The minimum Gasteiger partial charge on any atom is -0.463 e. The topological polar surface area (TPSA) is 59.7 Å². The zero-order chi connectivity index (χ0) is 14.0. The number of furan rings is 1. The Morgan fingerprint density at radius 2 is 2.16 bits per heavy atom. The van der Waals surface area contributed by atoms with Crippen LogP contribution >= 0.6 is 11.6 Å². The van der Waals surface area contributed by atoms with Gasteiger partial charge in [0.1, 0.15) is 17.7 Å². The van der Waals surface area contributed by atoms with Crippen LogP contribution in [-0.2, 0) is 4.74 Å². The minimum atomic E-state index is -1.35. The van der Waals surface area contributed by atoms with Gasteiger partial charge in [-0.05, 0) is 18.2 Å². The molecule has 0 amide bonds. The Kier molecular flexibility index (Phi) is 3.87. The molecule has 19 heavy (non-hydrogen) atoms. The smallest absolute Gasteiger partial charge is 0.373 e. The van der Waals surface area contributed by atoms with Crippen molar-refractivity contribution in [1.82, 2.24) is 0 Å². The third-order valence-electron chi connectivity index (χ3n) is 2.56. The molecule has 1 heterocycles. The van der Waals surface area contributed by atoms with Gasteiger partial charge < -0.3 is 14.3 Å². The molecule has 1 N–H and O–H groups in total. The Bertz CT molecular complexity index is 608. The SMILES string of the molecule is COC(=O)c1ccc(C(O)c2cccc(Cl)c2F)o1. The molecule has 0 saturated heterocycles. The van der Waals surface area contributed by atoms with Gasteiger partial charge in [0.15, 0.2) is 0 Å². The van der Waals surface area contributed by atoms with E-state index in [0.717, 1.165) is 0 Å². The highest BCUT2D eigenvalue weighted by Crippen LogP contribution is 2.29. The molecule has 0 fully saturated rings. The molecule has 0 aliphatic rings. The summed E-state index contributed by atoms with van der Waals surface area (Å²) in [5.74, 6) is -1.45. The number of rotatable bonds is 3. The van der Waals surface area contributed by atoms with Crippen molar-refractivity contribution in [1.29, 1.82) is 0 Å². The summed E-state index contributed by atoms with van der Waals surface area (Å²) in [6.07, 6.45) is -1.35. The Hall–Kier alpha value is -1.85. The van der Waals surface area contributed by atoms with Crippen LogP contribution in [0.1, 0.15) is 28.0 Å². The molecule has 4 nitrogen and oxygen atoms in total. The standard InChI is InChI=1S/C13H10ClFO4/c1-18-13(17)10-6-5-9(19-10)12(16)7-3-2-4-8(14)11(7)15/h2-6,12,16H,1H3. The summed E-state index contributed by atoms with van der Waals surface area (Å²) >= 11 is 5.63. The summed E-state index contributed by atoms with van der Waals surface area (Å²) in [6.45, 7) is 0. The summed E-state index contributed by atoms with van der Waals surface area (Å²) in [6, 6.07) is 6.97. The summed E-state index contributed by atoms with van der Waals surface area (Å²) < 4.78 is 23.3. The molecule has 1 atom stereocenters. The maximum Gasteiger partial charge on any atom is 0.373 e. The van der Waals surface area contributed by atoms with Crippen LogP contribution in [-0.4, -0.2) is 18.2 Å². The molecule has 0 spiro atoms. The van der Waals surface area contributed by atoms with Crippen molar-refractivity contribution in [3.63, 3.8) is 0 Å². The first kappa shape index (κ1) is 13.6. The van der Waals surface area contributed by atoms with Gasteiger partial charge in [-0.2, -0.15) is 0 Å². The van der Waals surface area contributed by atoms with Crippen molar-refractivity contribution in [2.24, 2.45) is 0 Å². The van der Waals surface area contributed by atoms with Crippen LogP contribution in [0.4, 0.5) is 4.39 Å². The summed E-state index contributed by atoms with van der Waals surface area (Å²) in [4.78, 5) is 11.2. The summed E-state index contributed by atoms with van der Waals surface area (Å²) in [5, 5.41) is 9.92. The van der Waals surface area contributed by atoms with Crippen LogP contribution in [0, 0.1) is 5.82 Å². The quantitative estimate of drug-likeness (QED) is 0.880. The van der Waals surface area contributed by atoms with Crippen molar-refractivity contribution in [2.45, 2.75) is 6.10 Å². The van der Waals surface area contributed by atoms with Gasteiger partial charge in [-0.1, -0.05) is 23.7 Å². The van der Waals surface area contributed by atoms with Gasteiger partial charge in [0, 0.05) is 5.56 Å². The molecular formula is C13H10ClFO4. The van der Waals surface area contributed by atoms with Gasteiger partial charge in [0.25, 0.3) is 0 Å². The third-order valence-corrected chi connectivity index (χ3v) is 2.85. The largest absolute Gasteiger partial charge is 0.463 e. The lowest BCUT2D eigenvalue weighted by molar-refractivity contribution is 0.0558. The first-order valence-electron chi connectivity index (χ1n) is 5.34. The molecule has 1 unspecified atom stereocenters. The van der Waals surface area contributed by atoms with E-state index in [1.165, 1.54) is 37.4 Å². The Balaban J connectivity index is 2.34. The zero-order valence-electron chi connectivity index (χ0n) is 9.89. The molecule has 100 valence electrons. The van der Waals surface area contributed by atoms with E-state index in [4.69, 9.17) is 16.0 Å². The minimum absolute atomic E-state index is 0.0292. The lowest BCUT2D eigenvalue weighted by atomic mass is 10.1. The van der Waals surface area contributed by atoms with Gasteiger partial charge in [0.05, 0.1) is 12.1 Å². The average molecular weight is 285 g/mol. The van der Waals surface area contributed by atoms with Gasteiger partial charge in [-0.25, -0.2) is 9.18 Å². The van der Waals surface area contributed by atoms with E-state index >= 15 is 0 Å². The highest BCUT2D eigenvalue weighted by atomic mass is 35.5. The second-order valence-corrected chi connectivity index (χ2v) is 4.15. The molecule has 0 aliphatic carbocycles. The second-order valence-electron chi connectivity index (χ2n) is 3.74. The number of methoxy groups -OCH3 is 1. The first-order chi connectivity index (χ1) is 9.04. The monoisotopic (exact) mass is 284 g/mol. The first-order valence-corrected chi connectivity index (χ1v) is 5.72. The van der Waals surface area contributed by atoms with Crippen molar-refractivity contribution < 1.29 is 23.4 Å². The van der Waals surface area contributed by atoms with E-state index in [1.807, 2.05) is 0 Å². The maximum atomic E-state index is 13.7. The molecule has 2 rings (SSSR count). The van der Waals surface area contributed by atoms with E-state index in [9.17, 15) is 14.3 Å². The van der Waals surface area contributed by atoms with Gasteiger partial charge in [0.2, 0.25) is 5.76 Å². The number of ether oxygens (including phenoxy) is 1. The van der Waals surface area contributed by atoms with Crippen LogP contribution in [0.25, 0.3) is 0 Å². The second kappa shape index (κ2) is 5.42. The molecule has 0 bridgehead atoms. The zero-order valence-corrected chi connectivity index (χ0v) is 10.6. The average Bonchev–Trinajstić information content (AvgIpc) is 2.90. The number of aliphatic hydroxyl groups is 1. The van der Waals surface area contributed by atoms with Crippen molar-refractivity contribution in [2.75, 3.05) is 7.11 Å². The Morgan fingerprint density at radius 3 is 2.84 bits per heavy atom. The third kappa shape index (κ3) is 2.62. The fourth-order valence-corrected chi connectivity index (χ4v) is 1.78. The predicted octanol–water partition coefficient (Wildman–Crippen LogP) is 2.94. The molecular weight excluding hydrogens is 275 g/mol. The van der Waals surface area contributed by atoms with E-state index in [0.29, 0.717) is 0 Å². The molecule has 6 heteroatoms. The Labute approximate surface area is 113 Å². The number of benzene rings is 1. The fourth-order valence-electron chi connectivity index (χ4n) is 1.60. The fraction of sp³-hybridized carbons (Fsp3) is 0.154. The van der Waals surface area contributed by atoms with E-state index in [-0.39, 0.29) is 22.1 Å². The predicted molar refractivity (Wildman–Crippen MR) is 65.5 cm³/mol. The van der Waals surface area contributed by atoms with E-state index in [2.05, 4.69) is 4.74 Å². The van der Waals surface area contributed by atoms with Crippen LogP contribution in [0.3, 0.4) is 0 Å². The number of esters is 1.